The van der Waals surface area contributed by atoms with Gasteiger partial charge in [-0.15, -0.1) is 0 Å². The molecule has 3 unspecified atom stereocenters. The minimum atomic E-state index is -0.955. The first-order valence-electron chi connectivity index (χ1n) is 7.32. The SMILES string of the molecule is CC1CCC(C(=O)N2Cc3ccccc3CC2C(=O)O)O1. The number of carbonyl (C=O) groups is 2. The van der Waals surface area contributed by atoms with Gasteiger partial charge in [0.25, 0.3) is 5.91 Å². The summed E-state index contributed by atoms with van der Waals surface area (Å²) in [5, 5.41) is 9.44. The van der Waals surface area contributed by atoms with Crippen molar-refractivity contribution >= 4 is 11.9 Å². The van der Waals surface area contributed by atoms with Crippen molar-refractivity contribution in [1.82, 2.24) is 4.90 Å². The van der Waals surface area contributed by atoms with Gasteiger partial charge in [-0.05, 0) is 30.9 Å². The summed E-state index contributed by atoms with van der Waals surface area (Å²) < 4.78 is 5.61. The summed E-state index contributed by atoms with van der Waals surface area (Å²) in [5.41, 5.74) is 2.03. The highest BCUT2D eigenvalue weighted by Crippen LogP contribution is 2.27. The Morgan fingerprint density at radius 3 is 2.57 bits per heavy atom. The Hall–Kier alpha value is -1.88. The molecule has 2 aliphatic heterocycles. The molecule has 5 nitrogen and oxygen atoms in total. The van der Waals surface area contributed by atoms with Gasteiger partial charge < -0.3 is 14.7 Å². The number of fused-ring (bicyclic) bond motifs is 1. The van der Waals surface area contributed by atoms with Crippen LogP contribution in [-0.2, 0) is 27.3 Å². The van der Waals surface area contributed by atoms with E-state index in [0.717, 1.165) is 17.5 Å². The molecule has 2 aliphatic rings. The van der Waals surface area contributed by atoms with Gasteiger partial charge in [-0.2, -0.15) is 0 Å². The monoisotopic (exact) mass is 289 g/mol. The summed E-state index contributed by atoms with van der Waals surface area (Å²) in [6, 6.07) is 6.90. The zero-order chi connectivity index (χ0) is 15.0. The normalized spacial score (nSPS) is 28.2. The van der Waals surface area contributed by atoms with Crippen LogP contribution in [0.1, 0.15) is 30.9 Å². The molecule has 1 aromatic rings. The van der Waals surface area contributed by atoms with E-state index in [9.17, 15) is 14.7 Å². The lowest BCUT2D eigenvalue weighted by atomic mass is 9.93. The highest BCUT2D eigenvalue weighted by Gasteiger charge is 2.39. The van der Waals surface area contributed by atoms with Crippen LogP contribution in [0.25, 0.3) is 0 Å². The van der Waals surface area contributed by atoms with Gasteiger partial charge in [-0.1, -0.05) is 24.3 Å². The number of carboxylic acids is 1. The van der Waals surface area contributed by atoms with Crippen LogP contribution in [0.3, 0.4) is 0 Å². The van der Waals surface area contributed by atoms with Crippen LogP contribution < -0.4 is 0 Å². The van der Waals surface area contributed by atoms with Gasteiger partial charge in [0.1, 0.15) is 12.1 Å². The fourth-order valence-corrected chi connectivity index (χ4v) is 3.14. The van der Waals surface area contributed by atoms with E-state index in [2.05, 4.69) is 0 Å². The second-order valence-corrected chi connectivity index (χ2v) is 5.81. The molecule has 3 rings (SSSR count). The summed E-state index contributed by atoms with van der Waals surface area (Å²) in [7, 11) is 0. The number of ether oxygens (including phenoxy) is 1. The molecular weight excluding hydrogens is 270 g/mol. The molecule has 0 aliphatic carbocycles. The van der Waals surface area contributed by atoms with E-state index in [1.807, 2.05) is 31.2 Å². The summed E-state index contributed by atoms with van der Waals surface area (Å²) in [6.45, 7) is 2.29. The molecular formula is C16H19NO4. The molecule has 0 spiro atoms. The van der Waals surface area contributed by atoms with Crippen molar-refractivity contribution in [2.45, 2.75) is 51.0 Å². The van der Waals surface area contributed by atoms with Crippen LogP contribution in [0.4, 0.5) is 0 Å². The number of carbonyl (C=O) groups excluding carboxylic acids is 1. The number of benzene rings is 1. The minimum Gasteiger partial charge on any atom is -0.480 e. The average Bonchev–Trinajstić information content (AvgIpc) is 2.91. The maximum Gasteiger partial charge on any atom is 0.326 e. The first-order valence-corrected chi connectivity index (χ1v) is 7.32. The second kappa shape index (κ2) is 5.48. The smallest absolute Gasteiger partial charge is 0.326 e. The predicted molar refractivity (Wildman–Crippen MR) is 75.7 cm³/mol. The summed E-state index contributed by atoms with van der Waals surface area (Å²) >= 11 is 0. The van der Waals surface area contributed by atoms with Crippen LogP contribution in [-0.4, -0.2) is 40.1 Å². The first-order chi connectivity index (χ1) is 10.1. The van der Waals surface area contributed by atoms with Crippen LogP contribution in [0.2, 0.25) is 0 Å². The number of hydrogen-bond donors (Lipinski definition) is 1. The second-order valence-electron chi connectivity index (χ2n) is 5.81. The maximum absolute atomic E-state index is 12.6. The molecule has 112 valence electrons. The van der Waals surface area contributed by atoms with Gasteiger partial charge >= 0.3 is 5.97 Å². The maximum atomic E-state index is 12.6. The van der Waals surface area contributed by atoms with E-state index >= 15 is 0 Å². The molecule has 0 radical (unpaired) electrons. The highest BCUT2D eigenvalue weighted by atomic mass is 16.5. The van der Waals surface area contributed by atoms with Crippen LogP contribution >= 0.6 is 0 Å². The van der Waals surface area contributed by atoms with Crippen molar-refractivity contribution < 1.29 is 19.4 Å². The highest BCUT2D eigenvalue weighted by molar-refractivity contribution is 5.87. The molecule has 1 saturated heterocycles. The molecule has 0 saturated carbocycles. The Balaban J connectivity index is 1.85. The Kier molecular flexibility index (Phi) is 3.68. The number of amides is 1. The van der Waals surface area contributed by atoms with Crippen LogP contribution in [0.5, 0.6) is 0 Å². The van der Waals surface area contributed by atoms with Crippen LogP contribution in [0.15, 0.2) is 24.3 Å². The van der Waals surface area contributed by atoms with Gasteiger partial charge in [0.05, 0.1) is 6.10 Å². The Morgan fingerprint density at radius 2 is 1.95 bits per heavy atom. The lowest BCUT2D eigenvalue weighted by molar-refractivity contribution is -0.156. The lowest BCUT2D eigenvalue weighted by Gasteiger charge is -2.35. The molecule has 0 aromatic heterocycles. The molecule has 1 aromatic carbocycles. The van der Waals surface area contributed by atoms with Crippen molar-refractivity contribution in [3.8, 4) is 0 Å². The number of hydrogen-bond acceptors (Lipinski definition) is 3. The standard InChI is InChI=1S/C16H19NO4/c1-10-6-7-14(21-10)15(18)17-9-12-5-3-2-4-11(12)8-13(17)16(19)20/h2-5,10,13-14H,6-9H2,1H3,(H,19,20). The molecule has 21 heavy (non-hydrogen) atoms. The van der Waals surface area contributed by atoms with E-state index in [1.165, 1.54) is 4.90 Å². The number of aliphatic carboxylic acids is 1. The van der Waals surface area contributed by atoms with E-state index in [4.69, 9.17) is 4.74 Å². The van der Waals surface area contributed by atoms with E-state index < -0.39 is 18.1 Å². The predicted octanol–water partition coefficient (Wildman–Crippen LogP) is 1.59. The van der Waals surface area contributed by atoms with Gasteiger partial charge in [0.2, 0.25) is 0 Å². The number of nitrogens with zero attached hydrogens (tertiary/aromatic N) is 1. The summed E-state index contributed by atoms with van der Waals surface area (Å²) in [4.78, 5) is 25.6. The molecule has 3 atom stereocenters. The lowest BCUT2D eigenvalue weighted by Crippen LogP contribution is -2.51. The van der Waals surface area contributed by atoms with Crippen LogP contribution in [0, 0.1) is 0 Å². The number of rotatable bonds is 2. The van der Waals surface area contributed by atoms with Crippen molar-refractivity contribution in [3.63, 3.8) is 0 Å². The zero-order valence-electron chi connectivity index (χ0n) is 12.0. The topological polar surface area (TPSA) is 66.8 Å². The Labute approximate surface area is 123 Å². The van der Waals surface area contributed by atoms with E-state index in [0.29, 0.717) is 19.4 Å². The molecule has 5 heteroatoms. The Bertz CT molecular complexity index is 571. The average molecular weight is 289 g/mol. The van der Waals surface area contributed by atoms with Crippen molar-refractivity contribution in [1.29, 1.82) is 0 Å². The van der Waals surface area contributed by atoms with Crippen molar-refractivity contribution in [2.75, 3.05) is 0 Å². The third-order valence-electron chi connectivity index (χ3n) is 4.32. The van der Waals surface area contributed by atoms with Crippen molar-refractivity contribution in [3.05, 3.63) is 35.4 Å². The molecule has 1 amide bonds. The van der Waals surface area contributed by atoms with E-state index in [-0.39, 0.29) is 12.0 Å². The summed E-state index contributed by atoms with van der Waals surface area (Å²) in [6.07, 6.45) is 1.45. The third-order valence-corrected chi connectivity index (χ3v) is 4.32. The Morgan fingerprint density at radius 1 is 1.24 bits per heavy atom. The number of carboxylic acid groups (broad SMARTS) is 1. The molecule has 1 fully saturated rings. The largest absolute Gasteiger partial charge is 0.480 e. The van der Waals surface area contributed by atoms with Crippen molar-refractivity contribution in [2.24, 2.45) is 0 Å². The fourth-order valence-electron chi connectivity index (χ4n) is 3.14. The molecule has 1 N–H and O–H groups in total. The third kappa shape index (κ3) is 2.65. The molecule has 0 bridgehead atoms. The quantitative estimate of drug-likeness (QED) is 0.898. The summed E-state index contributed by atoms with van der Waals surface area (Å²) in [5.74, 6) is -1.15. The van der Waals surface area contributed by atoms with Gasteiger partial charge in [0.15, 0.2) is 0 Å². The zero-order valence-corrected chi connectivity index (χ0v) is 12.0. The fraction of sp³-hybridized carbons (Fsp3) is 0.500. The molecule has 2 heterocycles. The van der Waals surface area contributed by atoms with Gasteiger partial charge in [-0.3, -0.25) is 4.79 Å². The first kappa shape index (κ1) is 14.1. The van der Waals surface area contributed by atoms with Gasteiger partial charge in [0, 0.05) is 13.0 Å². The van der Waals surface area contributed by atoms with E-state index in [1.54, 1.807) is 0 Å². The minimum absolute atomic E-state index is 0.0688. The van der Waals surface area contributed by atoms with Gasteiger partial charge in [-0.25, -0.2) is 4.79 Å².